The number of aromatic nitrogens is 2. The molecule has 3 aromatic rings. The lowest BCUT2D eigenvalue weighted by atomic mass is 9.83. The van der Waals surface area contributed by atoms with Gasteiger partial charge in [0.1, 0.15) is 11.4 Å². The number of rotatable bonds is 2. The summed E-state index contributed by atoms with van der Waals surface area (Å²) in [7, 11) is 0. The Morgan fingerprint density at radius 2 is 1.85 bits per heavy atom. The molecule has 0 bridgehead atoms. The van der Waals surface area contributed by atoms with E-state index in [0.29, 0.717) is 0 Å². The Hall–Kier alpha value is -2.59. The molecular weight excluding hydrogens is 322 g/mol. The van der Waals surface area contributed by atoms with Crippen LogP contribution < -0.4 is 10.1 Å². The van der Waals surface area contributed by atoms with E-state index in [9.17, 15) is 0 Å². The highest BCUT2D eigenvalue weighted by molar-refractivity contribution is 5.68. The Morgan fingerprint density at radius 3 is 2.69 bits per heavy atom. The molecule has 1 aromatic heterocycles. The number of aryl methyl sites for hydroxylation is 1. The van der Waals surface area contributed by atoms with E-state index in [2.05, 4.69) is 52.9 Å². The van der Waals surface area contributed by atoms with Gasteiger partial charge in [0.25, 0.3) is 0 Å². The molecule has 0 unspecified atom stereocenters. The predicted octanol–water partition coefficient (Wildman–Crippen LogP) is 3.99. The van der Waals surface area contributed by atoms with Crippen LogP contribution in [0.2, 0.25) is 0 Å². The van der Waals surface area contributed by atoms with Crippen LogP contribution in [0.5, 0.6) is 5.75 Å². The van der Waals surface area contributed by atoms with Crippen molar-refractivity contribution in [3.05, 3.63) is 66.5 Å². The van der Waals surface area contributed by atoms with E-state index in [-0.39, 0.29) is 5.60 Å². The number of hydrogen-bond donors (Lipinski definition) is 1. The second kappa shape index (κ2) is 6.29. The van der Waals surface area contributed by atoms with Crippen LogP contribution in [0, 0.1) is 0 Å². The van der Waals surface area contributed by atoms with Crippen molar-refractivity contribution in [2.45, 2.75) is 31.3 Å². The zero-order valence-electron chi connectivity index (χ0n) is 14.8. The van der Waals surface area contributed by atoms with Crippen molar-refractivity contribution in [1.82, 2.24) is 15.1 Å². The molecule has 5 rings (SSSR count). The van der Waals surface area contributed by atoms with Gasteiger partial charge in [-0.05, 0) is 85.8 Å². The van der Waals surface area contributed by atoms with Crippen molar-refractivity contribution in [3.8, 4) is 22.6 Å². The molecule has 0 saturated carbocycles. The lowest BCUT2D eigenvalue weighted by molar-refractivity contribution is 0.0170. The van der Waals surface area contributed by atoms with Gasteiger partial charge in [-0.15, -0.1) is 0 Å². The molecule has 1 fully saturated rings. The highest BCUT2D eigenvalue weighted by Gasteiger charge is 2.37. The van der Waals surface area contributed by atoms with Crippen molar-refractivity contribution in [2.75, 3.05) is 13.1 Å². The SMILES string of the molecule is c1cc(-c2ccc3c(c2)CCC2(CCNCC2)O3)cc(-n2cccn2)c1. The van der Waals surface area contributed by atoms with Crippen molar-refractivity contribution >= 4 is 0 Å². The number of nitrogens with one attached hydrogen (secondary N) is 1. The van der Waals surface area contributed by atoms with E-state index >= 15 is 0 Å². The molecule has 4 nitrogen and oxygen atoms in total. The first-order valence-corrected chi connectivity index (χ1v) is 9.45. The van der Waals surface area contributed by atoms with Gasteiger partial charge < -0.3 is 10.1 Å². The maximum Gasteiger partial charge on any atom is 0.123 e. The summed E-state index contributed by atoms with van der Waals surface area (Å²) in [4.78, 5) is 0. The monoisotopic (exact) mass is 345 g/mol. The summed E-state index contributed by atoms with van der Waals surface area (Å²) >= 11 is 0. The normalized spacial score (nSPS) is 18.3. The van der Waals surface area contributed by atoms with Gasteiger partial charge in [0.15, 0.2) is 0 Å². The molecule has 0 aliphatic carbocycles. The van der Waals surface area contributed by atoms with Gasteiger partial charge in [-0.2, -0.15) is 5.10 Å². The molecule has 3 heterocycles. The molecule has 2 aliphatic heterocycles. The Bertz CT molecular complexity index is 911. The second-order valence-corrected chi connectivity index (χ2v) is 7.36. The Morgan fingerprint density at radius 1 is 0.962 bits per heavy atom. The zero-order chi connectivity index (χ0) is 17.4. The average Bonchev–Trinajstić information content (AvgIpc) is 3.23. The molecule has 0 radical (unpaired) electrons. The molecule has 4 heteroatoms. The molecule has 2 aliphatic rings. The lowest BCUT2D eigenvalue weighted by Crippen LogP contribution is -2.48. The minimum Gasteiger partial charge on any atom is -0.487 e. The van der Waals surface area contributed by atoms with Gasteiger partial charge in [-0.25, -0.2) is 4.68 Å². The summed E-state index contributed by atoms with van der Waals surface area (Å²) in [6.45, 7) is 2.13. The topological polar surface area (TPSA) is 39.1 Å². The van der Waals surface area contributed by atoms with E-state index in [0.717, 1.165) is 50.2 Å². The Kier molecular flexibility index (Phi) is 3.79. The third-order valence-electron chi connectivity index (χ3n) is 5.70. The van der Waals surface area contributed by atoms with Crippen molar-refractivity contribution < 1.29 is 4.74 Å². The molecule has 1 spiro atoms. The fraction of sp³-hybridized carbons (Fsp3) is 0.318. The van der Waals surface area contributed by atoms with Crippen molar-refractivity contribution in [2.24, 2.45) is 0 Å². The van der Waals surface area contributed by atoms with Gasteiger partial charge in [0, 0.05) is 12.4 Å². The molecule has 2 aromatic carbocycles. The maximum atomic E-state index is 6.48. The van der Waals surface area contributed by atoms with Gasteiger partial charge in [0.2, 0.25) is 0 Å². The van der Waals surface area contributed by atoms with E-state index in [1.165, 1.54) is 16.7 Å². The highest BCUT2D eigenvalue weighted by atomic mass is 16.5. The fourth-order valence-electron chi connectivity index (χ4n) is 4.18. The van der Waals surface area contributed by atoms with Gasteiger partial charge in [-0.1, -0.05) is 18.2 Å². The molecule has 1 saturated heterocycles. The summed E-state index contributed by atoms with van der Waals surface area (Å²) < 4.78 is 8.37. The lowest BCUT2D eigenvalue weighted by Gasteiger charge is -2.41. The molecule has 132 valence electrons. The van der Waals surface area contributed by atoms with Crippen LogP contribution >= 0.6 is 0 Å². The summed E-state index contributed by atoms with van der Waals surface area (Å²) in [5.41, 5.74) is 4.91. The standard InChI is InChI=1S/C22H23N3O/c1-3-17(16-20(4-1)25-14-2-11-24-25)18-5-6-21-19(15-18)7-8-22(26-21)9-12-23-13-10-22/h1-6,11,14-16,23H,7-10,12-13H2. The number of nitrogens with zero attached hydrogens (tertiary/aromatic N) is 2. The zero-order valence-corrected chi connectivity index (χ0v) is 14.8. The molecule has 1 N–H and O–H groups in total. The van der Waals surface area contributed by atoms with Gasteiger partial charge in [0.05, 0.1) is 5.69 Å². The van der Waals surface area contributed by atoms with Crippen LogP contribution in [-0.2, 0) is 6.42 Å². The van der Waals surface area contributed by atoms with Gasteiger partial charge >= 0.3 is 0 Å². The number of hydrogen-bond acceptors (Lipinski definition) is 3. The number of fused-ring (bicyclic) bond motifs is 1. The average molecular weight is 345 g/mol. The number of ether oxygens (including phenoxy) is 1. The molecule has 26 heavy (non-hydrogen) atoms. The number of benzene rings is 2. The second-order valence-electron chi connectivity index (χ2n) is 7.36. The Labute approximate surface area is 153 Å². The molecule has 0 atom stereocenters. The van der Waals surface area contributed by atoms with Crippen LogP contribution in [0.15, 0.2) is 60.9 Å². The van der Waals surface area contributed by atoms with Gasteiger partial charge in [-0.3, -0.25) is 0 Å². The minimum absolute atomic E-state index is 0.0553. The highest BCUT2D eigenvalue weighted by Crippen LogP contribution is 2.39. The smallest absolute Gasteiger partial charge is 0.123 e. The quantitative estimate of drug-likeness (QED) is 0.763. The first kappa shape index (κ1) is 15.6. The predicted molar refractivity (Wildman–Crippen MR) is 103 cm³/mol. The van der Waals surface area contributed by atoms with E-state index in [4.69, 9.17) is 4.74 Å². The van der Waals surface area contributed by atoms with Crippen LogP contribution in [0.1, 0.15) is 24.8 Å². The van der Waals surface area contributed by atoms with E-state index in [1.807, 2.05) is 16.9 Å². The van der Waals surface area contributed by atoms with Crippen LogP contribution in [0.25, 0.3) is 16.8 Å². The van der Waals surface area contributed by atoms with Crippen LogP contribution in [-0.4, -0.2) is 28.5 Å². The molecular formula is C22H23N3O. The van der Waals surface area contributed by atoms with Crippen LogP contribution in [0.3, 0.4) is 0 Å². The number of piperidine rings is 1. The van der Waals surface area contributed by atoms with Crippen molar-refractivity contribution in [3.63, 3.8) is 0 Å². The Balaban J connectivity index is 1.45. The summed E-state index contributed by atoms with van der Waals surface area (Å²) in [6, 6.07) is 17.1. The minimum atomic E-state index is 0.0553. The maximum absolute atomic E-state index is 6.48. The van der Waals surface area contributed by atoms with Crippen LogP contribution in [0.4, 0.5) is 0 Å². The van der Waals surface area contributed by atoms with Crippen molar-refractivity contribution in [1.29, 1.82) is 0 Å². The summed E-state index contributed by atoms with van der Waals surface area (Å²) in [6.07, 6.45) is 8.22. The molecule has 0 amide bonds. The third kappa shape index (κ3) is 2.80. The first-order chi connectivity index (χ1) is 12.8. The largest absolute Gasteiger partial charge is 0.487 e. The fourth-order valence-corrected chi connectivity index (χ4v) is 4.18. The summed E-state index contributed by atoms with van der Waals surface area (Å²) in [5, 5.41) is 7.77. The first-order valence-electron chi connectivity index (χ1n) is 9.45. The van der Waals surface area contributed by atoms with E-state index in [1.54, 1.807) is 6.20 Å². The third-order valence-corrected chi connectivity index (χ3v) is 5.70. The van der Waals surface area contributed by atoms with E-state index < -0.39 is 0 Å². The summed E-state index contributed by atoms with van der Waals surface area (Å²) in [5.74, 6) is 1.07.